The Balaban J connectivity index is 1.75. The summed E-state index contributed by atoms with van der Waals surface area (Å²) in [5.74, 6) is 2.01. The molecule has 0 fully saturated rings. The number of aryl methyl sites for hydroxylation is 2. The van der Waals surface area contributed by atoms with Crippen LogP contribution < -0.4 is 14.2 Å². The van der Waals surface area contributed by atoms with Crippen LogP contribution in [0.4, 0.5) is 5.82 Å². The maximum Gasteiger partial charge on any atom is 0.263 e. The second-order valence-electron chi connectivity index (χ2n) is 7.25. The molecule has 0 aliphatic carbocycles. The number of nitrogens with zero attached hydrogens (tertiary/aromatic N) is 3. The van der Waals surface area contributed by atoms with Gasteiger partial charge in [-0.1, -0.05) is 12.1 Å². The molecule has 0 saturated heterocycles. The summed E-state index contributed by atoms with van der Waals surface area (Å²) in [6.07, 6.45) is 0. The number of para-hydroxylation sites is 1. The summed E-state index contributed by atoms with van der Waals surface area (Å²) in [7, 11) is -2.26. The highest BCUT2D eigenvalue weighted by atomic mass is 32.2. The van der Waals surface area contributed by atoms with Crippen LogP contribution in [0.2, 0.25) is 0 Å². The lowest BCUT2D eigenvalue weighted by atomic mass is 10.1. The summed E-state index contributed by atoms with van der Waals surface area (Å²) in [4.78, 5) is 4.83. The molecular weight excluding hydrogens is 428 g/mol. The number of nitrogens with one attached hydrogen (secondary N) is 1. The minimum Gasteiger partial charge on any atom is -0.494 e. The molecule has 0 unspecified atom stereocenters. The minimum absolute atomic E-state index is 0.121. The van der Waals surface area contributed by atoms with Crippen molar-refractivity contribution in [3.8, 4) is 17.3 Å². The molecule has 0 aliphatic heterocycles. The van der Waals surface area contributed by atoms with Crippen molar-refractivity contribution in [2.75, 3.05) is 18.4 Å². The average molecular weight is 453 g/mol. The van der Waals surface area contributed by atoms with Gasteiger partial charge in [0.2, 0.25) is 0 Å². The van der Waals surface area contributed by atoms with Crippen LogP contribution in [0.25, 0.3) is 16.7 Å². The normalized spacial score (nSPS) is 11.5. The SMILES string of the molecule is CCOc1ccc(S(=O)(=O)Nc2cc(C)nn2-c2cc(C)c3cccc(OC)c3n2)cc1. The zero-order valence-electron chi connectivity index (χ0n) is 18.3. The molecule has 1 N–H and O–H groups in total. The third-order valence-corrected chi connectivity index (χ3v) is 6.32. The van der Waals surface area contributed by atoms with Crippen LogP contribution in [0.3, 0.4) is 0 Å². The third-order valence-electron chi connectivity index (χ3n) is 4.95. The van der Waals surface area contributed by atoms with Crippen LogP contribution in [0, 0.1) is 13.8 Å². The molecule has 0 bridgehead atoms. The maximum atomic E-state index is 13.0. The van der Waals surface area contributed by atoms with E-state index in [0.717, 1.165) is 10.9 Å². The zero-order valence-corrected chi connectivity index (χ0v) is 19.1. The van der Waals surface area contributed by atoms with Crippen LogP contribution in [0.15, 0.2) is 59.5 Å². The standard InChI is InChI=1S/C23H24N4O4S/c1-5-31-17-9-11-18(12-10-17)32(28,29)26-22-14-16(3)25-27(22)21-13-15(2)19-7-6-8-20(30-4)23(19)24-21/h6-14,26H,5H2,1-4H3. The van der Waals surface area contributed by atoms with Gasteiger partial charge in [-0.25, -0.2) is 13.4 Å². The molecule has 0 radical (unpaired) electrons. The smallest absolute Gasteiger partial charge is 0.263 e. The maximum absolute atomic E-state index is 13.0. The zero-order chi connectivity index (χ0) is 22.9. The second-order valence-corrected chi connectivity index (χ2v) is 8.93. The molecule has 4 aromatic rings. The Morgan fingerprint density at radius 1 is 1.06 bits per heavy atom. The van der Waals surface area contributed by atoms with Gasteiger partial charge >= 0.3 is 0 Å². The highest BCUT2D eigenvalue weighted by Crippen LogP contribution is 2.29. The van der Waals surface area contributed by atoms with E-state index in [-0.39, 0.29) is 10.7 Å². The number of ether oxygens (including phenoxy) is 2. The van der Waals surface area contributed by atoms with E-state index in [2.05, 4.69) is 9.82 Å². The molecule has 4 rings (SSSR count). The largest absolute Gasteiger partial charge is 0.494 e. The quantitative estimate of drug-likeness (QED) is 0.451. The fraction of sp³-hybridized carbons (Fsp3) is 0.217. The number of anilines is 1. The van der Waals surface area contributed by atoms with Gasteiger partial charge in [-0.3, -0.25) is 4.72 Å². The Kier molecular flexibility index (Phi) is 5.75. The van der Waals surface area contributed by atoms with E-state index in [1.54, 1.807) is 32.2 Å². The highest BCUT2D eigenvalue weighted by Gasteiger charge is 2.19. The number of benzene rings is 2. The minimum atomic E-state index is -3.85. The lowest BCUT2D eigenvalue weighted by Crippen LogP contribution is -2.16. The highest BCUT2D eigenvalue weighted by molar-refractivity contribution is 7.92. The van der Waals surface area contributed by atoms with Crippen molar-refractivity contribution in [1.29, 1.82) is 0 Å². The number of sulfonamides is 1. The number of hydrogen-bond donors (Lipinski definition) is 1. The molecule has 2 heterocycles. The van der Waals surface area contributed by atoms with Gasteiger partial charge < -0.3 is 9.47 Å². The molecule has 0 aliphatic rings. The van der Waals surface area contributed by atoms with E-state index in [1.807, 2.05) is 38.1 Å². The topological polar surface area (TPSA) is 95.3 Å². The van der Waals surface area contributed by atoms with E-state index in [0.29, 0.717) is 35.1 Å². The molecule has 0 saturated carbocycles. The van der Waals surface area contributed by atoms with Crippen molar-refractivity contribution in [2.45, 2.75) is 25.7 Å². The van der Waals surface area contributed by atoms with E-state index in [1.165, 1.54) is 16.8 Å². The lowest BCUT2D eigenvalue weighted by molar-refractivity contribution is 0.340. The fourth-order valence-electron chi connectivity index (χ4n) is 3.47. The van der Waals surface area contributed by atoms with Gasteiger partial charge in [0.05, 0.1) is 24.3 Å². The van der Waals surface area contributed by atoms with E-state index in [4.69, 9.17) is 14.5 Å². The predicted molar refractivity (Wildman–Crippen MR) is 123 cm³/mol. The average Bonchev–Trinajstić information content (AvgIpc) is 3.13. The van der Waals surface area contributed by atoms with E-state index >= 15 is 0 Å². The van der Waals surface area contributed by atoms with Gasteiger partial charge in [-0.15, -0.1) is 0 Å². The molecule has 8 nitrogen and oxygen atoms in total. The first-order valence-corrected chi connectivity index (χ1v) is 11.6. The second kappa shape index (κ2) is 8.51. The molecule has 2 aromatic carbocycles. The summed E-state index contributed by atoms with van der Waals surface area (Å²) in [5.41, 5.74) is 2.30. The Morgan fingerprint density at radius 3 is 2.50 bits per heavy atom. The van der Waals surface area contributed by atoms with Crippen LogP contribution in [0.1, 0.15) is 18.2 Å². The first-order valence-electron chi connectivity index (χ1n) is 10.1. The summed E-state index contributed by atoms with van der Waals surface area (Å²) >= 11 is 0. The van der Waals surface area contributed by atoms with Gasteiger partial charge in [0.15, 0.2) is 5.82 Å². The Hall–Kier alpha value is -3.59. The van der Waals surface area contributed by atoms with Gasteiger partial charge in [-0.2, -0.15) is 9.78 Å². The first-order chi connectivity index (χ1) is 15.3. The van der Waals surface area contributed by atoms with Crippen molar-refractivity contribution >= 4 is 26.7 Å². The number of fused-ring (bicyclic) bond motifs is 1. The van der Waals surface area contributed by atoms with Crippen molar-refractivity contribution in [2.24, 2.45) is 0 Å². The number of methoxy groups -OCH3 is 1. The van der Waals surface area contributed by atoms with Gasteiger partial charge in [0, 0.05) is 11.5 Å². The third kappa shape index (κ3) is 4.11. The van der Waals surface area contributed by atoms with Crippen molar-refractivity contribution < 1.29 is 17.9 Å². The molecule has 2 aromatic heterocycles. The molecule has 32 heavy (non-hydrogen) atoms. The van der Waals surface area contributed by atoms with Crippen LogP contribution in [-0.4, -0.2) is 36.9 Å². The summed E-state index contributed by atoms with van der Waals surface area (Å²) < 4.78 is 41.0. The summed E-state index contributed by atoms with van der Waals surface area (Å²) in [6.45, 7) is 6.13. The van der Waals surface area contributed by atoms with Crippen molar-refractivity contribution in [3.05, 3.63) is 65.9 Å². The number of hydrogen-bond acceptors (Lipinski definition) is 6. The number of pyridine rings is 1. The number of aromatic nitrogens is 3. The molecule has 166 valence electrons. The van der Waals surface area contributed by atoms with E-state index < -0.39 is 10.0 Å². The predicted octanol–water partition coefficient (Wildman–Crippen LogP) is 4.25. The molecule has 0 atom stereocenters. The lowest BCUT2D eigenvalue weighted by Gasteiger charge is -2.13. The summed E-state index contributed by atoms with van der Waals surface area (Å²) in [5, 5.41) is 5.42. The molecular formula is C23H24N4O4S. The van der Waals surface area contributed by atoms with Gasteiger partial charge in [-0.05, 0) is 62.7 Å². The van der Waals surface area contributed by atoms with Crippen molar-refractivity contribution in [3.63, 3.8) is 0 Å². The first kappa shape index (κ1) is 21.6. The van der Waals surface area contributed by atoms with E-state index in [9.17, 15) is 8.42 Å². The van der Waals surface area contributed by atoms with Gasteiger partial charge in [0.1, 0.15) is 22.8 Å². The molecule has 9 heteroatoms. The Bertz CT molecular complexity index is 1380. The summed E-state index contributed by atoms with van der Waals surface area (Å²) in [6, 6.07) is 15.5. The Labute approximate surface area is 186 Å². The van der Waals surface area contributed by atoms with Crippen LogP contribution in [-0.2, 0) is 10.0 Å². The Morgan fingerprint density at radius 2 is 1.81 bits per heavy atom. The van der Waals surface area contributed by atoms with Crippen LogP contribution in [0.5, 0.6) is 11.5 Å². The van der Waals surface area contributed by atoms with Crippen molar-refractivity contribution in [1.82, 2.24) is 14.8 Å². The monoisotopic (exact) mass is 452 g/mol. The van der Waals surface area contributed by atoms with Gasteiger partial charge in [0.25, 0.3) is 10.0 Å². The van der Waals surface area contributed by atoms with Crippen LogP contribution >= 0.6 is 0 Å². The fourth-order valence-corrected chi connectivity index (χ4v) is 4.51. The molecule has 0 spiro atoms. The number of rotatable bonds is 7. The molecule has 0 amide bonds.